The largest absolute Gasteiger partial charge is 0.391 e. The highest BCUT2D eigenvalue weighted by atomic mass is 32.1. The summed E-state index contributed by atoms with van der Waals surface area (Å²) in [7, 11) is 0. The molecule has 0 aliphatic rings. The van der Waals surface area contributed by atoms with Gasteiger partial charge >= 0.3 is 6.18 Å². The summed E-state index contributed by atoms with van der Waals surface area (Å²) in [6, 6.07) is 0.571. The third kappa shape index (κ3) is 4.62. The number of nitrogens with two attached hydrogens (primary N) is 1. The molecule has 2 nitrogen and oxygen atoms in total. The number of benzene rings is 1. The summed E-state index contributed by atoms with van der Waals surface area (Å²) in [5.74, 6) is -2.09. The average molecular weight is 298 g/mol. The molecule has 1 rings (SSSR count). The molecule has 0 fully saturated rings. The van der Waals surface area contributed by atoms with Crippen LogP contribution >= 0.6 is 12.2 Å². The van der Waals surface area contributed by atoms with E-state index in [0.717, 1.165) is 12.1 Å². The van der Waals surface area contributed by atoms with E-state index in [9.17, 15) is 22.0 Å². The number of alkyl halides is 3. The van der Waals surface area contributed by atoms with E-state index in [-0.39, 0.29) is 10.6 Å². The molecule has 0 spiro atoms. The zero-order valence-corrected chi connectivity index (χ0v) is 10.6. The Labute approximate surface area is 111 Å². The summed E-state index contributed by atoms with van der Waals surface area (Å²) in [6.07, 6.45) is -5.62. The van der Waals surface area contributed by atoms with Crippen LogP contribution in [0.4, 0.5) is 27.6 Å². The Morgan fingerprint density at radius 1 is 1.32 bits per heavy atom. The van der Waals surface area contributed by atoms with Crippen LogP contribution in [0.3, 0.4) is 0 Å². The normalized spacial score (nSPS) is 13.2. The van der Waals surface area contributed by atoms with Gasteiger partial charge < -0.3 is 11.1 Å². The number of rotatable bonds is 4. The first-order chi connectivity index (χ1) is 8.60. The van der Waals surface area contributed by atoms with E-state index in [0.29, 0.717) is 0 Å². The lowest BCUT2D eigenvalue weighted by atomic mass is 10.1. The third-order valence-electron chi connectivity index (χ3n) is 2.26. The highest BCUT2D eigenvalue weighted by molar-refractivity contribution is 7.80. The maximum atomic E-state index is 13.6. The number of anilines is 1. The number of hydrogen-bond donors (Lipinski definition) is 2. The molecule has 1 aromatic carbocycles. The number of halogens is 5. The topological polar surface area (TPSA) is 38.0 Å². The van der Waals surface area contributed by atoms with Crippen molar-refractivity contribution in [2.24, 2.45) is 5.73 Å². The molecule has 0 saturated heterocycles. The average Bonchev–Trinajstić information content (AvgIpc) is 2.20. The molecule has 0 bridgehead atoms. The van der Waals surface area contributed by atoms with Crippen LogP contribution in [-0.2, 0) is 0 Å². The molecule has 106 valence electrons. The number of nitrogens with one attached hydrogen (secondary N) is 1. The van der Waals surface area contributed by atoms with Crippen molar-refractivity contribution < 1.29 is 22.0 Å². The molecule has 0 aromatic heterocycles. The monoisotopic (exact) mass is 298 g/mol. The SMILES string of the molecule is CC(CC(F)(F)F)Nc1c(F)cc(C(N)=S)cc1F. The van der Waals surface area contributed by atoms with Crippen LogP contribution in [-0.4, -0.2) is 17.2 Å². The number of hydrogen-bond acceptors (Lipinski definition) is 2. The standard InChI is InChI=1S/C11H11F5N2S/c1-5(4-11(14,15)16)18-9-7(12)2-6(10(17)19)3-8(9)13/h2-3,5,18H,4H2,1H3,(H2,17,19). The Morgan fingerprint density at radius 2 is 1.79 bits per heavy atom. The van der Waals surface area contributed by atoms with Crippen LogP contribution in [0.15, 0.2) is 12.1 Å². The van der Waals surface area contributed by atoms with E-state index >= 15 is 0 Å². The van der Waals surface area contributed by atoms with Crippen molar-refractivity contribution >= 4 is 22.9 Å². The first kappa shape index (κ1) is 15.6. The summed E-state index contributed by atoms with van der Waals surface area (Å²) < 4.78 is 63.5. The highest BCUT2D eigenvalue weighted by Gasteiger charge is 2.30. The van der Waals surface area contributed by atoms with Crippen LogP contribution < -0.4 is 11.1 Å². The molecular formula is C11H11F5N2S. The van der Waals surface area contributed by atoms with Crippen LogP contribution in [0, 0.1) is 11.6 Å². The lowest BCUT2D eigenvalue weighted by molar-refractivity contribution is -0.136. The zero-order valence-electron chi connectivity index (χ0n) is 9.81. The maximum absolute atomic E-state index is 13.6. The van der Waals surface area contributed by atoms with Gasteiger partial charge in [-0.2, -0.15) is 13.2 Å². The van der Waals surface area contributed by atoms with Crippen molar-refractivity contribution in [3.63, 3.8) is 0 Å². The molecule has 0 aliphatic heterocycles. The maximum Gasteiger partial charge on any atom is 0.391 e. The smallest absolute Gasteiger partial charge is 0.389 e. The second-order valence-electron chi connectivity index (χ2n) is 4.04. The summed E-state index contributed by atoms with van der Waals surface area (Å²) in [5, 5.41) is 2.15. The molecule has 19 heavy (non-hydrogen) atoms. The molecule has 0 saturated carbocycles. The number of thiocarbonyl (C=S) groups is 1. The van der Waals surface area contributed by atoms with E-state index in [1.165, 1.54) is 6.92 Å². The lowest BCUT2D eigenvalue weighted by Crippen LogP contribution is -2.25. The van der Waals surface area contributed by atoms with Crippen molar-refractivity contribution in [2.45, 2.75) is 25.6 Å². The molecule has 8 heteroatoms. The Kier molecular flexibility index (Phi) is 4.67. The van der Waals surface area contributed by atoms with Gasteiger partial charge in [-0.05, 0) is 19.1 Å². The van der Waals surface area contributed by atoms with E-state index < -0.39 is 36.0 Å². The fourth-order valence-corrected chi connectivity index (χ4v) is 1.62. The van der Waals surface area contributed by atoms with Crippen LogP contribution in [0.2, 0.25) is 0 Å². The molecule has 3 N–H and O–H groups in total. The second-order valence-corrected chi connectivity index (χ2v) is 4.48. The van der Waals surface area contributed by atoms with E-state index in [2.05, 4.69) is 17.5 Å². The Balaban J connectivity index is 2.93. The molecule has 1 aromatic rings. The van der Waals surface area contributed by atoms with Gasteiger partial charge in [0.1, 0.15) is 22.3 Å². The zero-order chi connectivity index (χ0) is 14.8. The molecular weight excluding hydrogens is 287 g/mol. The van der Waals surface area contributed by atoms with Gasteiger partial charge in [-0.25, -0.2) is 8.78 Å². The lowest BCUT2D eigenvalue weighted by Gasteiger charge is -2.18. The molecule has 0 amide bonds. The van der Waals surface area contributed by atoms with Crippen LogP contribution in [0.1, 0.15) is 18.9 Å². The molecule has 0 aliphatic carbocycles. The van der Waals surface area contributed by atoms with Gasteiger partial charge in [-0.3, -0.25) is 0 Å². The first-order valence-electron chi connectivity index (χ1n) is 5.22. The van der Waals surface area contributed by atoms with E-state index in [1.54, 1.807) is 0 Å². The van der Waals surface area contributed by atoms with Gasteiger partial charge in [0, 0.05) is 11.6 Å². The minimum absolute atomic E-state index is 0.0287. The molecule has 1 atom stereocenters. The second kappa shape index (κ2) is 5.68. The van der Waals surface area contributed by atoms with E-state index in [4.69, 9.17) is 5.73 Å². The van der Waals surface area contributed by atoms with Gasteiger partial charge in [0.2, 0.25) is 0 Å². The Hall–Kier alpha value is -1.44. The summed E-state index contributed by atoms with van der Waals surface area (Å²) in [4.78, 5) is -0.201. The molecule has 1 unspecified atom stereocenters. The Morgan fingerprint density at radius 3 is 2.16 bits per heavy atom. The van der Waals surface area contributed by atoms with Gasteiger partial charge in [0.05, 0.1) is 6.42 Å². The molecule has 0 heterocycles. The van der Waals surface area contributed by atoms with Crippen molar-refractivity contribution in [1.82, 2.24) is 0 Å². The Bertz CT molecular complexity index is 463. The quantitative estimate of drug-likeness (QED) is 0.661. The van der Waals surface area contributed by atoms with Gasteiger partial charge in [0.25, 0.3) is 0 Å². The van der Waals surface area contributed by atoms with Crippen molar-refractivity contribution in [2.75, 3.05) is 5.32 Å². The predicted octanol–water partition coefficient (Wildman–Crippen LogP) is 3.35. The van der Waals surface area contributed by atoms with Crippen LogP contribution in [0.5, 0.6) is 0 Å². The fraction of sp³-hybridized carbons (Fsp3) is 0.364. The molecule has 0 radical (unpaired) electrons. The van der Waals surface area contributed by atoms with E-state index in [1.807, 2.05) is 0 Å². The van der Waals surface area contributed by atoms with Crippen LogP contribution in [0.25, 0.3) is 0 Å². The summed E-state index contributed by atoms with van der Waals surface area (Å²) >= 11 is 4.56. The summed E-state index contributed by atoms with van der Waals surface area (Å²) in [5.41, 5.74) is 4.56. The minimum atomic E-state index is -4.42. The first-order valence-corrected chi connectivity index (χ1v) is 5.63. The van der Waals surface area contributed by atoms with Gasteiger partial charge in [-0.1, -0.05) is 12.2 Å². The predicted molar refractivity (Wildman–Crippen MR) is 66.0 cm³/mol. The van der Waals surface area contributed by atoms with Crippen molar-refractivity contribution in [1.29, 1.82) is 0 Å². The highest BCUT2D eigenvalue weighted by Crippen LogP contribution is 2.26. The van der Waals surface area contributed by atoms with Gasteiger partial charge in [0.15, 0.2) is 0 Å². The summed E-state index contributed by atoms with van der Waals surface area (Å²) in [6.45, 7) is 1.17. The fourth-order valence-electron chi connectivity index (χ4n) is 1.50. The third-order valence-corrected chi connectivity index (χ3v) is 2.49. The van der Waals surface area contributed by atoms with Gasteiger partial charge in [-0.15, -0.1) is 0 Å². The van der Waals surface area contributed by atoms with Crippen molar-refractivity contribution in [3.8, 4) is 0 Å². The van der Waals surface area contributed by atoms with Crippen molar-refractivity contribution in [3.05, 3.63) is 29.3 Å². The minimum Gasteiger partial charge on any atom is -0.389 e.